The van der Waals surface area contributed by atoms with Gasteiger partial charge >= 0.3 is 7.19 Å². The number of anilines is 2. The molecule has 0 amide bonds. The minimum atomic E-state index is -0.369. The first kappa shape index (κ1) is 16.3. The largest absolute Gasteiger partial charge is 0.754 e. The number of imidazole rings is 1. The highest BCUT2D eigenvalue weighted by Crippen LogP contribution is 2.46. The van der Waals surface area contributed by atoms with Crippen LogP contribution in [0.4, 0.5) is 11.4 Å². The quantitative estimate of drug-likeness (QED) is 0.422. The van der Waals surface area contributed by atoms with Gasteiger partial charge in [-0.25, -0.2) is 9.05 Å². The summed E-state index contributed by atoms with van der Waals surface area (Å²) >= 11 is 0. The van der Waals surface area contributed by atoms with Gasteiger partial charge in [0.15, 0.2) is 5.75 Å². The highest BCUT2D eigenvalue weighted by Gasteiger charge is 2.50. The molecule has 3 aromatic carbocycles. The van der Waals surface area contributed by atoms with E-state index in [1.807, 2.05) is 42.5 Å². The molecule has 2 aliphatic rings. The number of benzene rings is 3. The SMILES string of the molecule is Cc1cccc2c1-c1n(C)cc[n+]1B1Oc3ccccc3Oc3ccccc3N12. The smallest absolute Gasteiger partial charge is 0.499 e. The summed E-state index contributed by atoms with van der Waals surface area (Å²) in [6.45, 7) is 2.15. The van der Waals surface area contributed by atoms with Crippen LogP contribution >= 0.6 is 0 Å². The molecule has 6 rings (SSSR count). The van der Waals surface area contributed by atoms with Crippen LogP contribution in [0.5, 0.6) is 17.2 Å². The lowest BCUT2D eigenvalue weighted by molar-refractivity contribution is -0.536. The first-order valence-electron chi connectivity index (χ1n) is 9.70. The maximum atomic E-state index is 6.58. The van der Waals surface area contributed by atoms with Crippen molar-refractivity contribution < 1.29 is 13.9 Å². The summed E-state index contributed by atoms with van der Waals surface area (Å²) in [7, 11) is 1.71. The zero-order valence-corrected chi connectivity index (χ0v) is 16.2. The van der Waals surface area contributed by atoms with E-state index in [1.54, 1.807) is 0 Å². The molecule has 1 aromatic heterocycles. The fourth-order valence-corrected chi connectivity index (χ4v) is 4.33. The Bertz CT molecular complexity index is 1270. The molecule has 0 fully saturated rings. The van der Waals surface area contributed by atoms with Crippen LogP contribution in [0, 0.1) is 6.92 Å². The summed E-state index contributed by atoms with van der Waals surface area (Å²) in [6.07, 6.45) is 4.15. The Labute approximate surface area is 169 Å². The monoisotopic (exact) mass is 380 g/mol. The molecule has 6 heteroatoms. The fraction of sp³-hybridized carbons (Fsp3) is 0.0870. The molecule has 5 nitrogen and oxygen atoms in total. The summed E-state index contributed by atoms with van der Waals surface area (Å²) in [5.74, 6) is 3.36. The van der Waals surface area contributed by atoms with Gasteiger partial charge in [0.2, 0.25) is 0 Å². The van der Waals surface area contributed by atoms with Crippen molar-refractivity contribution in [1.29, 1.82) is 0 Å². The molecule has 3 heterocycles. The average Bonchev–Trinajstić information content (AvgIpc) is 3.10. The van der Waals surface area contributed by atoms with E-state index >= 15 is 0 Å². The Hall–Kier alpha value is -3.67. The van der Waals surface area contributed by atoms with E-state index in [0.717, 1.165) is 28.7 Å². The first-order chi connectivity index (χ1) is 14.2. The number of fused-ring (bicyclic) bond motifs is 9. The van der Waals surface area contributed by atoms with Crippen molar-refractivity contribution in [3.05, 3.63) is 84.7 Å². The number of aryl methyl sites for hydroxylation is 2. The van der Waals surface area contributed by atoms with Crippen molar-refractivity contribution in [3.63, 3.8) is 0 Å². The minimum Gasteiger partial charge on any atom is -0.499 e. The van der Waals surface area contributed by atoms with E-state index < -0.39 is 0 Å². The van der Waals surface area contributed by atoms with Crippen LogP contribution < -0.4 is 18.7 Å². The predicted molar refractivity (Wildman–Crippen MR) is 113 cm³/mol. The van der Waals surface area contributed by atoms with Gasteiger partial charge in [-0.3, -0.25) is 4.81 Å². The molecule has 0 bridgehead atoms. The van der Waals surface area contributed by atoms with Crippen LogP contribution in [0.1, 0.15) is 5.56 Å². The highest BCUT2D eigenvalue weighted by molar-refractivity contribution is 6.52. The molecule has 29 heavy (non-hydrogen) atoms. The topological polar surface area (TPSA) is 30.5 Å². The molecule has 0 N–H and O–H groups in total. The molecule has 0 saturated heterocycles. The first-order valence-corrected chi connectivity index (χ1v) is 9.70. The highest BCUT2D eigenvalue weighted by atomic mass is 16.5. The van der Waals surface area contributed by atoms with Crippen molar-refractivity contribution in [1.82, 2.24) is 4.57 Å². The Balaban J connectivity index is 1.70. The lowest BCUT2D eigenvalue weighted by Gasteiger charge is -2.35. The summed E-state index contributed by atoms with van der Waals surface area (Å²) in [5.41, 5.74) is 4.49. The summed E-state index contributed by atoms with van der Waals surface area (Å²) < 4.78 is 17.2. The van der Waals surface area contributed by atoms with Crippen LogP contribution in [0.2, 0.25) is 0 Å². The third-order valence-corrected chi connectivity index (χ3v) is 5.65. The summed E-state index contributed by atoms with van der Waals surface area (Å²) in [4.78, 5) is 2.22. The van der Waals surface area contributed by atoms with Gasteiger partial charge in [-0.15, -0.1) is 0 Å². The van der Waals surface area contributed by atoms with Crippen molar-refractivity contribution in [3.8, 4) is 28.6 Å². The van der Waals surface area contributed by atoms with E-state index in [2.05, 4.69) is 64.5 Å². The Morgan fingerprint density at radius 3 is 2.41 bits per heavy atom. The molecule has 0 unspecified atom stereocenters. The second-order valence-electron chi connectivity index (χ2n) is 7.44. The van der Waals surface area contributed by atoms with E-state index in [4.69, 9.17) is 9.39 Å². The zero-order valence-electron chi connectivity index (χ0n) is 16.2. The Morgan fingerprint density at radius 1 is 0.828 bits per heavy atom. The third kappa shape index (κ3) is 2.26. The maximum absolute atomic E-state index is 6.58. The van der Waals surface area contributed by atoms with Gasteiger partial charge in [0.1, 0.15) is 23.9 Å². The fourth-order valence-electron chi connectivity index (χ4n) is 4.33. The summed E-state index contributed by atoms with van der Waals surface area (Å²) in [5, 5.41) is 0. The van der Waals surface area contributed by atoms with Gasteiger partial charge in [-0.05, 0) is 42.8 Å². The molecule has 0 saturated carbocycles. The van der Waals surface area contributed by atoms with Crippen molar-refractivity contribution >= 4 is 18.6 Å². The normalized spacial score (nSPS) is 13.6. The van der Waals surface area contributed by atoms with Crippen LogP contribution in [0.15, 0.2) is 79.1 Å². The van der Waals surface area contributed by atoms with E-state index in [0.29, 0.717) is 5.75 Å². The van der Waals surface area contributed by atoms with Gasteiger partial charge in [-0.1, -0.05) is 36.4 Å². The lowest BCUT2D eigenvalue weighted by Crippen LogP contribution is -2.67. The summed E-state index contributed by atoms with van der Waals surface area (Å²) in [6, 6.07) is 22.4. The number of rotatable bonds is 0. The lowest BCUT2D eigenvalue weighted by atomic mass is 9.85. The minimum absolute atomic E-state index is 0.369. The predicted octanol–water partition coefficient (Wildman–Crippen LogP) is 4.46. The van der Waals surface area contributed by atoms with Gasteiger partial charge in [-0.2, -0.15) is 0 Å². The number of ether oxygens (including phenoxy) is 1. The average molecular weight is 380 g/mol. The van der Waals surface area contributed by atoms with Crippen LogP contribution in [-0.4, -0.2) is 11.8 Å². The van der Waals surface area contributed by atoms with Crippen molar-refractivity contribution in [2.45, 2.75) is 6.92 Å². The van der Waals surface area contributed by atoms with Crippen LogP contribution in [0.25, 0.3) is 11.4 Å². The molecule has 2 aliphatic heterocycles. The van der Waals surface area contributed by atoms with Crippen LogP contribution in [0.3, 0.4) is 0 Å². The van der Waals surface area contributed by atoms with E-state index in [9.17, 15) is 0 Å². The molecule has 0 radical (unpaired) electrons. The molecule has 140 valence electrons. The number of nitrogens with zero attached hydrogens (tertiary/aromatic N) is 3. The Kier molecular flexibility index (Phi) is 3.32. The number of hydrogen-bond acceptors (Lipinski definition) is 3. The molecule has 0 aliphatic carbocycles. The number of hydrogen-bond donors (Lipinski definition) is 0. The second kappa shape index (κ2) is 5.91. The van der Waals surface area contributed by atoms with E-state index in [-0.39, 0.29) is 7.19 Å². The Morgan fingerprint density at radius 2 is 1.55 bits per heavy atom. The zero-order chi connectivity index (χ0) is 19.5. The standard InChI is InChI=1S/C23H19BN3O2/c1-16-8-7-10-18-22(16)23-25(2)14-15-26(23)24-27(18)17-9-3-4-11-19(17)28-20-12-5-6-13-21(20)29-24/h3-15H,1-2H3/q+1. The third-order valence-electron chi connectivity index (χ3n) is 5.65. The van der Waals surface area contributed by atoms with Crippen molar-refractivity contribution in [2.24, 2.45) is 7.05 Å². The van der Waals surface area contributed by atoms with Gasteiger partial charge in [0.25, 0.3) is 5.82 Å². The van der Waals surface area contributed by atoms with Gasteiger partial charge < -0.3 is 9.39 Å². The molecule has 0 spiro atoms. The van der Waals surface area contributed by atoms with Crippen molar-refractivity contribution in [2.75, 3.05) is 4.81 Å². The van der Waals surface area contributed by atoms with Crippen LogP contribution in [-0.2, 0) is 7.05 Å². The van der Waals surface area contributed by atoms with Gasteiger partial charge in [0, 0.05) is 0 Å². The second-order valence-corrected chi connectivity index (χ2v) is 7.44. The number of aromatic nitrogens is 2. The molecule has 4 aromatic rings. The molecular formula is C23H19BN3O2+. The molecule has 0 atom stereocenters. The maximum Gasteiger partial charge on any atom is 0.754 e. The van der Waals surface area contributed by atoms with E-state index in [1.165, 1.54) is 11.1 Å². The van der Waals surface area contributed by atoms with Gasteiger partial charge in [0.05, 0.1) is 24.0 Å². The molecular weight excluding hydrogens is 361 g/mol. The number of para-hydroxylation sites is 4.